The van der Waals surface area contributed by atoms with Gasteiger partial charge in [-0.1, -0.05) is 24.3 Å². The molecule has 1 fully saturated rings. The van der Waals surface area contributed by atoms with E-state index in [0.717, 1.165) is 10.5 Å². The normalized spacial score (nSPS) is 15.2. The molecule has 1 aliphatic heterocycles. The number of anilines is 2. The van der Waals surface area contributed by atoms with E-state index in [-0.39, 0.29) is 19.6 Å². The van der Waals surface area contributed by atoms with Crippen LogP contribution in [0.1, 0.15) is 34.8 Å². The highest BCUT2D eigenvalue weighted by atomic mass is 19.1. The zero-order chi connectivity index (χ0) is 26.5. The molecule has 0 spiro atoms. The van der Waals surface area contributed by atoms with Gasteiger partial charge in [0.1, 0.15) is 11.9 Å². The summed E-state index contributed by atoms with van der Waals surface area (Å²) in [5, 5.41) is 2.71. The number of carbonyl (C=O) groups is 4. The average molecular weight is 504 g/mol. The van der Waals surface area contributed by atoms with Gasteiger partial charge in [0.25, 0.3) is 5.91 Å². The van der Waals surface area contributed by atoms with Crippen LogP contribution in [0.25, 0.3) is 0 Å². The molecule has 1 saturated heterocycles. The maximum absolute atomic E-state index is 13.4. The minimum atomic E-state index is -1.06. The number of esters is 1. The van der Waals surface area contributed by atoms with Crippen molar-refractivity contribution in [3.8, 4) is 0 Å². The van der Waals surface area contributed by atoms with Gasteiger partial charge in [0.2, 0.25) is 5.91 Å². The molecule has 1 heterocycles. The molecule has 1 aliphatic rings. The number of aryl methyl sites for hydroxylation is 1. The van der Waals surface area contributed by atoms with Crippen LogP contribution in [0.4, 0.5) is 20.6 Å². The third-order valence-electron chi connectivity index (χ3n) is 5.90. The zero-order valence-electron chi connectivity index (χ0n) is 20.4. The fraction of sp³-hybridized carbons (Fsp3) is 0.214. The van der Waals surface area contributed by atoms with E-state index in [1.54, 1.807) is 37.3 Å². The molecular weight excluding hydrogens is 477 g/mol. The van der Waals surface area contributed by atoms with Crippen LogP contribution in [0, 0.1) is 12.7 Å². The van der Waals surface area contributed by atoms with Crippen LogP contribution < -0.4 is 10.2 Å². The molecule has 0 saturated carbocycles. The van der Waals surface area contributed by atoms with Crippen molar-refractivity contribution in [1.82, 2.24) is 4.90 Å². The summed E-state index contributed by atoms with van der Waals surface area (Å²) < 4.78 is 18.4. The number of urea groups is 1. The number of carbonyl (C=O) groups excluding carboxylic acids is 4. The quantitative estimate of drug-likeness (QED) is 0.356. The van der Waals surface area contributed by atoms with Crippen LogP contribution in [0.2, 0.25) is 0 Å². The molecule has 3 aromatic rings. The fourth-order valence-electron chi connectivity index (χ4n) is 4.10. The fourth-order valence-corrected chi connectivity index (χ4v) is 4.10. The second kappa shape index (κ2) is 11.0. The van der Waals surface area contributed by atoms with E-state index in [1.165, 1.54) is 41.3 Å². The number of imide groups is 1. The van der Waals surface area contributed by atoms with Gasteiger partial charge in [-0.2, -0.15) is 0 Å². The van der Waals surface area contributed by atoms with Crippen molar-refractivity contribution in [3.63, 3.8) is 0 Å². The van der Waals surface area contributed by atoms with Crippen LogP contribution in [0.3, 0.4) is 0 Å². The predicted molar refractivity (Wildman–Crippen MR) is 135 cm³/mol. The summed E-state index contributed by atoms with van der Waals surface area (Å²) in [4.78, 5) is 54.0. The van der Waals surface area contributed by atoms with E-state index in [0.29, 0.717) is 22.5 Å². The number of nitrogens with zero attached hydrogens (tertiary/aromatic N) is 2. The van der Waals surface area contributed by atoms with Crippen LogP contribution >= 0.6 is 0 Å². The Morgan fingerprint density at radius 2 is 1.70 bits per heavy atom. The summed E-state index contributed by atoms with van der Waals surface area (Å²) in [6, 6.07) is 17.1. The molecule has 1 atom stereocenters. The first-order valence-electron chi connectivity index (χ1n) is 11.8. The highest BCUT2D eigenvalue weighted by Crippen LogP contribution is 2.29. The van der Waals surface area contributed by atoms with Crippen LogP contribution in [-0.4, -0.2) is 41.4 Å². The summed E-state index contributed by atoms with van der Waals surface area (Å²) >= 11 is 0. The van der Waals surface area contributed by atoms with Crippen molar-refractivity contribution in [2.75, 3.05) is 16.8 Å². The number of amides is 4. The molecule has 0 aliphatic carbocycles. The van der Waals surface area contributed by atoms with Crippen LogP contribution in [0.5, 0.6) is 0 Å². The standard InChI is InChI=1S/C28H26FN3O5/c1-3-37-27(35)20-9-13-22(14-10-20)30-25(33)16-24-26(34)32(23-6-4-5-18(2)15-23)28(36)31(24)17-19-7-11-21(29)12-8-19/h4-15,24H,3,16-17H2,1-2H3,(H,30,33)/t24-/m0/s1. The number of halogens is 1. The predicted octanol–water partition coefficient (Wildman–Crippen LogP) is 4.68. The first-order valence-corrected chi connectivity index (χ1v) is 11.8. The van der Waals surface area contributed by atoms with Gasteiger partial charge in [-0.25, -0.2) is 18.9 Å². The minimum absolute atomic E-state index is 0.0271. The monoisotopic (exact) mass is 503 g/mol. The molecule has 0 aromatic heterocycles. The van der Waals surface area contributed by atoms with Crippen LogP contribution in [0.15, 0.2) is 72.8 Å². The zero-order valence-corrected chi connectivity index (χ0v) is 20.4. The SMILES string of the molecule is CCOC(=O)c1ccc(NC(=O)C[C@H]2C(=O)N(c3cccc(C)c3)C(=O)N2Cc2ccc(F)cc2)cc1. The molecule has 0 radical (unpaired) electrons. The Labute approximate surface area is 213 Å². The van der Waals surface area contributed by atoms with Gasteiger partial charge in [-0.3, -0.25) is 9.59 Å². The molecule has 9 heteroatoms. The Hall–Kier alpha value is -4.53. The highest BCUT2D eigenvalue weighted by Gasteiger charge is 2.46. The lowest BCUT2D eigenvalue weighted by Crippen LogP contribution is -2.37. The lowest BCUT2D eigenvalue weighted by molar-refractivity contribution is -0.124. The topological polar surface area (TPSA) is 96.0 Å². The Morgan fingerprint density at radius 1 is 1.00 bits per heavy atom. The maximum Gasteiger partial charge on any atom is 0.338 e. The summed E-state index contributed by atoms with van der Waals surface area (Å²) in [5.41, 5.74) is 2.67. The minimum Gasteiger partial charge on any atom is -0.462 e. The molecule has 1 N–H and O–H groups in total. The highest BCUT2D eigenvalue weighted by molar-refractivity contribution is 6.22. The van der Waals surface area contributed by atoms with E-state index >= 15 is 0 Å². The lowest BCUT2D eigenvalue weighted by atomic mass is 10.1. The Morgan fingerprint density at radius 3 is 2.35 bits per heavy atom. The van der Waals surface area contributed by atoms with Crippen molar-refractivity contribution in [3.05, 3.63) is 95.3 Å². The van der Waals surface area contributed by atoms with Gasteiger partial charge in [0.15, 0.2) is 0 Å². The third kappa shape index (κ3) is 5.83. The van der Waals surface area contributed by atoms with Crippen molar-refractivity contribution in [2.24, 2.45) is 0 Å². The van der Waals surface area contributed by atoms with Gasteiger partial charge >= 0.3 is 12.0 Å². The largest absolute Gasteiger partial charge is 0.462 e. The molecule has 3 aromatic carbocycles. The summed E-state index contributed by atoms with van der Waals surface area (Å²) in [7, 11) is 0. The van der Waals surface area contributed by atoms with Crippen molar-refractivity contribution in [1.29, 1.82) is 0 Å². The number of hydrogen-bond acceptors (Lipinski definition) is 5. The van der Waals surface area contributed by atoms with Crippen molar-refractivity contribution < 1.29 is 28.3 Å². The van der Waals surface area contributed by atoms with Gasteiger partial charge < -0.3 is 15.0 Å². The van der Waals surface area contributed by atoms with Gasteiger partial charge in [-0.15, -0.1) is 0 Å². The molecule has 190 valence electrons. The number of hydrogen-bond donors (Lipinski definition) is 1. The van der Waals surface area contributed by atoms with Gasteiger partial charge in [0, 0.05) is 12.2 Å². The van der Waals surface area contributed by atoms with Gasteiger partial charge in [-0.05, 0) is 73.5 Å². The second-order valence-electron chi connectivity index (χ2n) is 8.62. The second-order valence-corrected chi connectivity index (χ2v) is 8.62. The van der Waals surface area contributed by atoms with Crippen LogP contribution in [-0.2, 0) is 20.9 Å². The van der Waals surface area contributed by atoms with E-state index < -0.39 is 35.7 Å². The van der Waals surface area contributed by atoms with Crippen molar-refractivity contribution >= 4 is 35.2 Å². The smallest absolute Gasteiger partial charge is 0.338 e. The molecule has 4 rings (SSSR count). The summed E-state index contributed by atoms with van der Waals surface area (Å²) in [6.45, 7) is 3.84. The molecule has 0 unspecified atom stereocenters. The van der Waals surface area contributed by atoms with Crippen molar-refractivity contribution in [2.45, 2.75) is 32.9 Å². The van der Waals surface area contributed by atoms with E-state index in [2.05, 4.69) is 5.32 Å². The summed E-state index contributed by atoms with van der Waals surface area (Å²) in [6.07, 6.45) is -0.284. The van der Waals surface area contributed by atoms with E-state index in [1.807, 2.05) is 13.0 Å². The third-order valence-corrected chi connectivity index (χ3v) is 5.90. The molecule has 37 heavy (non-hydrogen) atoms. The molecular formula is C28H26FN3O5. The van der Waals surface area contributed by atoms with Gasteiger partial charge in [0.05, 0.1) is 24.3 Å². The van der Waals surface area contributed by atoms with E-state index in [4.69, 9.17) is 4.74 Å². The Kier molecular flexibility index (Phi) is 7.62. The van der Waals surface area contributed by atoms with E-state index in [9.17, 15) is 23.6 Å². The molecule has 4 amide bonds. The molecule has 8 nitrogen and oxygen atoms in total. The summed E-state index contributed by atoms with van der Waals surface area (Å²) in [5.74, 6) is -1.89. The average Bonchev–Trinajstić information content (AvgIpc) is 3.09. The molecule has 0 bridgehead atoms. The lowest BCUT2D eigenvalue weighted by Gasteiger charge is -2.21. The number of ether oxygens (including phenoxy) is 1. The number of nitrogens with one attached hydrogen (secondary N) is 1. The Bertz CT molecular complexity index is 1320. The Balaban J connectivity index is 1.54. The first-order chi connectivity index (χ1) is 17.8. The maximum atomic E-state index is 13.4. The number of rotatable bonds is 8. The number of benzene rings is 3. The first kappa shape index (κ1) is 25.6.